The van der Waals surface area contributed by atoms with Gasteiger partial charge < -0.3 is 10.1 Å². The minimum Gasteiger partial charge on any atom is -0.376 e. The van der Waals surface area contributed by atoms with Gasteiger partial charge in [0.1, 0.15) is 0 Å². The molecule has 0 saturated carbocycles. The minimum atomic E-state index is -4.49. The van der Waals surface area contributed by atoms with Gasteiger partial charge in [0.25, 0.3) is 5.91 Å². The summed E-state index contributed by atoms with van der Waals surface area (Å²) in [6.07, 6.45) is -0.200. The molecule has 1 heterocycles. The van der Waals surface area contributed by atoms with Gasteiger partial charge in [-0.15, -0.1) is 0 Å². The molecule has 26 heavy (non-hydrogen) atoms. The van der Waals surface area contributed by atoms with Crippen molar-refractivity contribution in [2.24, 2.45) is 0 Å². The third kappa shape index (κ3) is 6.47. The fraction of sp³-hybridized carbons (Fsp3) is 0.375. The maximum atomic E-state index is 12.7. The quantitative estimate of drug-likeness (QED) is 0.407. The molecule has 1 saturated heterocycles. The molecule has 3 N–H and O–H groups in total. The smallest absolute Gasteiger partial charge is 0.376 e. The molecule has 5 nitrogen and oxygen atoms in total. The number of benzene rings is 1. The number of hydrazine groups is 1. The number of carbonyl (C=O) groups excluding carboxylic acids is 1. The van der Waals surface area contributed by atoms with E-state index in [4.69, 9.17) is 28.6 Å². The highest BCUT2D eigenvalue weighted by Crippen LogP contribution is 2.32. The predicted octanol–water partition coefficient (Wildman–Crippen LogP) is 3.05. The number of thiocarbonyl (C=S) groups is 1. The Morgan fingerprint density at radius 3 is 2.81 bits per heavy atom. The SMILES string of the molecule is O=C(/C=C/c1cc(C(F)(F)F)ccc1Cl)NNC(=S)NCC1CCCO1. The van der Waals surface area contributed by atoms with Crippen LogP contribution in [0, 0.1) is 0 Å². The van der Waals surface area contributed by atoms with Crippen molar-refractivity contribution < 1.29 is 22.7 Å². The van der Waals surface area contributed by atoms with Crippen LogP contribution in [-0.2, 0) is 15.7 Å². The van der Waals surface area contributed by atoms with Crippen LogP contribution in [-0.4, -0.2) is 30.3 Å². The number of rotatable bonds is 4. The summed E-state index contributed by atoms with van der Waals surface area (Å²) in [7, 11) is 0. The van der Waals surface area contributed by atoms with E-state index in [9.17, 15) is 18.0 Å². The molecular weight excluding hydrogens is 391 g/mol. The third-order valence-corrected chi connectivity index (χ3v) is 4.14. The number of amides is 1. The van der Waals surface area contributed by atoms with Gasteiger partial charge in [0.05, 0.1) is 11.7 Å². The van der Waals surface area contributed by atoms with E-state index in [1.807, 2.05) is 0 Å². The Morgan fingerprint density at radius 1 is 1.38 bits per heavy atom. The molecule has 142 valence electrons. The number of carbonyl (C=O) groups is 1. The lowest BCUT2D eigenvalue weighted by atomic mass is 10.1. The van der Waals surface area contributed by atoms with Gasteiger partial charge in [-0.05, 0) is 54.9 Å². The average Bonchev–Trinajstić information content (AvgIpc) is 3.09. The van der Waals surface area contributed by atoms with E-state index >= 15 is 0 Å². The molecule has 0 radical (unpaired) electrons. The van der Waals surface area contributed by atoms with Crippen LogP contribution in [0.1, 0.15) is 24.0 Å². The minimum absolute atomic E-state index is 0.0794. The van der Waals surface area contributed by atoms with Crippen molar-refractivity contribution in [3.63, 3.8) is 0 Å². The van der Waals surface area contributed by atoms with Crippen molar-refractivity contribution in [1.29, 1.82) is 0 Å². The van der Waals surface area contributed by atoms with Crippen LogP contribution in [0.3, 0.4) is 0 Å². The fourth-order valence-electron chi connectivity index (χ4n) is 2.23. The van der Waals surface area contributed by atoms with E-state index < -0.39 is 17.6 Å². The number of hydrogen-bond donors (Lipinski definition) is 3. The van der Waals surface area contributed by atoms with Crippen molar-refractivity contribution in [1.82, 2.24) is 16.2 Å². The van der Waals surface area contributed by atoms with E-state index in [-0.39, 0.29) is 21.8 Å². The van der Waals surface area contributed by atoms with Crippen LogP contribution in [0.25, 0.3) is 6.08 Å². The Morgan fingerprint density at radius 2 is 2.15 bits per heavy atom. The van der Waals surface area contributed by atoms with Gasteiger partial charge in [-0.25, -0.2) is 0 Å². The second-order valence-electron chi connectivity index (χ2n) is 5.53. The first-order valence-electron chi connectivity index (χ1n) is 7.76. The Kier molecular flexibility index (Phi) is 7.24. The van der Waals surface area contributed by atoms with Gasteiger partial charge in [0, 0.05) is 24.3 Å². The Balaban J connectivity index is 1.82. The Hall–Kier alpha value is -1.84. The van der Waals surface area contributed by atoms with Crippen molar-refractivity contribution in [3.8, 4) is 0 Å². The van der Waals surface area contributed by atoms with E-state index in [2.05, 4.69) is 16.2 Å². The summed E-state index contributed by atoms with van der Waals surface area (Å²) in [5, 5.41) is 3.21. The summed E-state index contributed by atoms with van der Waals surface area (Å²) in [6, 6.07) is 2.87. The maximum absolute atomic E-state index is 12.7. The first-order valence-corrected chi connectivity index (χ1v) is 8.54. The summed E-state index contributed by atoms with van der Waals surface area (Å²) < 4.78 is 43.5. The van der Waals surface area contributed by atoms with Crippen LogP contribution < -0.4 is 16.2 Å². The van der Waals surface area contributed by atoms with Crippen molar-refractivity contribution >= 4 is 40.9 Å². The van der Waals surface area contributed by atoms with Gasteiger partial charge in [0.15, 0.2) is 5.11 Å². The molecule has 1 aromatic rings. The second-order valence-corrected chi connectivity index (χ2v) is 6.34. The lowest BCUT2D eigenvalue weighted by molar-refractivity contribution is -0.137. The Bertz CT molecular complexity index is 692. The van der Waals surface area contributed by atoms with Crippen molar-refractivity contribution in [2.45, 2.75) is 25.1 Å². The van der Waals surface area contributed by atoms with E-state index in [0.29, 0.717) is 6.54 Å². The first kappa shape index (κ1) is 20.5. The zero-order valence-corrected chi connectivity index (χ0v) is 15.1. The summed E-state index contributed by atoms with van der Waals surface area (Å²) in [5.74, 6) is -0.597. The number of halogens is 4. The topological polar surface area (TPSA) is 62.4 Å². The fourth-order valence-corrected chi connectivity index (χ4v) is 2.54. The van der Waals surface area contributed by atoms with Crippen LogP contribution in [0.5, 0.6) is 0 Å². The van der Waals surface area contributed by atoms with Crippen molar-refractivity contribution in [3.05, 3.63) is 40.4 Å². The largest absolute Gasteiger partial charge is 0.416 e. The average molecular weight is 408 g/mol. The summed E-state index contributed by atoms with van der Waals surface area (Å²) in [6.45, 7) is 1.25. The molecule has 1 amide bonds. The Labute approximate surface area is 158 Å². The molecule has 1 aliphatic rings. The van der Waals surface area contributed by atoms with Gasteiger partial charge in [-0.3, -0.25) is 15.6 Å². The molecular formula is C16H17ClF3N3O2S. The number of alkyl halides is 3. The number of hydrogen-bond acceptors (Lipinski definition) is 3. The molecule has 1 aromatic carbocycles. The molecule has 0 aromatic heterocycles. The predicted molar refractivity (Wildman–Crippen MR) is 96.3 cm³/mol. The van der Waals surface area contributed by atoms with Crippen LogP contribution in [0.2, 0.25) is 5.02 Å². The van der Waals surface area contributed by atoms with E-state index in [0.717, 1.165) is 43.7 Å². The van der Waals surface area contributed by atoms with Crippen molar-refractivity contribution in [2.75, 3.05) is 13.2 Å². The normalized spacial score (nSPS) is 17.3. The molecule has 1 aliphatic heterocycles. The van der Waals surface area contributed by atoms with E-state index in [1.54, 1.807) is 0 Å². The molecule has 10 heteroatoms. The molecule has 0 bridgehead atoms. The lowest BCUT2D eigenvalue weighted by Crippen LogP contribution is -2.47. The first-order chi connectivity index (χ1) is 12.3. The lowest BCUT2D eigenvalue weighted by Gasteiger charge is -2.13. The third-order valence-electron chi connectivity index (χ3n) is 3.55. The van der Waals surface area contributed by atoms with Crippen LogP contribution in [0.4, 0.5) is 13.2 Å². The van der Waals surface area contributed by atoms with E-state index in [1.165, 1.54) is 6.08 Å². The molecule has 1 fully saturated rings. The molecule has 1 atom stereocenters. The highest BCUT2D eigenvalue weighted by Gasteiger charge is 2.30. The monoisotopic (exact) mass is 407 g/mol. The summed E-state index contributed by atoms with van der Waals surface area (Å²) in [5.41, 5.74) is 4.03. The van der Waals surface area contributed by atoms with Crippen LogP contribution >= 0.6 is 23.8 Å². The summed E-state index contributed by atoms with van der Waals surface area (Å²) >= 11 is 10.9. The van der Waals surface area contributed by atoms with Gasteiger partial charge >= 0.3 is 6.18 Å². The maximum Gasteiger partial charge on any atom is 0.416 e. The highest BCUT2D eigenvalue weighted by atomic mass is 35.5. The molecule has 1 unspecified atom stereocenters. The zero-order valence-electron chi connectivity index (χ0n) is 13.5. The number of ether oxygens (including phenoxy) is 1. The second kappa shape index (κ2) is 9.20. The molecule has 0 aliphatic carbocycles. The highest BCUT2D eigenvalue weighted by molar-refractivity contribution is 7.80. The van der Waals surface area contributed by atoms with Gasteiger partial charge in [-0.1, -0.05) is 11.6 Å². The van der Waals surface area contributed by atoms with Gasteiger partial charge in [-0.2, -0.15) is 13.2 Å². The number of nitrogens with one attached hydrogen (secondary N) is 3. The van der Waals surface area contributed by atoms with Gasteiger partial charge in [0.2, 0.25) is 0 Å². The molecule has 2 rings (SSSR count). The summed E-state index contributed by atoms with van der Waals surface area (Å²) in [4.78, 5) is 11.7. The zero-order chi connectivity index (χ0) is 19.2. The standard InChI is InChI=1S/C16H17ClF3N3O2S/c17-13-5-4-11(16(18,19)20)8-10(13)3-6-14(24)22-23-15(26)21-9-12-2-1-7-25-12/h3-6,8,12H,1-2,7,9H2,(H,22,24)(H2,21,23,26)/b6-3+. The molecule has 0 spiro atoms. The van der Waals surface area contributed by atoms with Crippen LogP contribution in [0.15, 0.2) is 24.3 Å².